The smallest absolute Gasteiger partial charge is 0.337 e. The highest BCUT2D eigenvalue weighted by Gasteiger charge is 2.54. The second-order valence-corrected chi connectivity index (χ2v) is 8.71. The van der Waals surface area contributed by atoms with Crippen molar-refractivity contribution in [3.05, 3.63) is 64.2 Å². The number of fused-ring (bicyclic) bond motifs is 7. The van der Waals surface area contributed by atoms with Crippen LogP contribution in [0.5, 0.6) is 0 Å². The zero-order valence-corrected chi connectivity index (χ0v) is 16.3. The van der Waals surface area contributed by atoms with Crippen molar-refractivity contribution in [1.29, 1.82) is 0 Å². The van der Waals surface area contributed by atoms with Gasteiger partial charge >= 0.3 is 5.97 Å². The molecule has 1 aliphatic heterocycles. The fraction of sp³-hybridized carbons (Fsp3) is 0.458. The summed E-state index contributed by atoms with van der Waals surface area (Å²) < 4.78 is 4.85. The molecule has 2 saturated carbocycles. The highest BCUT2D eigenvalue weighted by molar-refractivity contribution is 5.89. The number of benzene rings is 2. The van der Waals surface area contributed by atoms with Gasteiger partial charge in [0.05, 0.1) is 18.7 Å². The highest BCUT2D eigenvalue weighted by atomic mass is 16.5. The van der Waals surface area contributed by atoms with E-state index >= 15 is 0 Å². The average Bonchev–Trinajstić information content (AvgIpc) is 3.28. The molecule has 0 saturated heterocycles. The van der Waals surface area contributed by atoms with E-state index in [1.165, 1.54) is 48.8 Å². The lowest BCUT2D eigenvalue weighted by atomic mass is 9.67. The molecule has 2 aromatic rings. The van der Waals surface area contributed by atoms with Crippen LogP contribution in [0, 0.1) is 31.6 Å². The number of aryl methyl sites for hydroxylation is 2. The number of ether oxygens (including phenoxy) is 1. The van der Waals surface area contributed by atoms with Gasteiger partial charge in [0.15, 0.2) is 0 Å². The van der Waals surface area contributed by atoms with Crippen LogP contribution in [0.4, 0.5) is 5.69 Å². The first kappa shape index (κ1) is 16.9. The molecule has 2 fully saturated rings. The molecule has 5 rings (SSSR count). The topological polar surface area (TPSA) is 38.3 Å². The number of hydrogen-bond acceptors (Lipinski definition) is 3. The van der Waals surface area contributed by atoms with Crippen molar-refractivity contribution in [2.45, 2.75) is 45.1 Å². The molecule has 0 amide bonds. The maximum Gasteiger partial charge on any atom is 0.337 e. The molecule has 2 aliphatic carbocycles. The Morgan fingerprint density at radius 1 is 1.07 bits per heavy atom. The fourth-order valence-corrected chi connectivity index (χ4v) is 6.30. The third kappa shape index (κ3) is 2.51. The van der Waals surface area contributed by atoms with Crippen LogP contribution >= 0.6 is 0 Å². The van der Waals surface area contributed by atoms with Gasteiger partial charge in [0.1, 0.15) is 0 Å². The SMILES string of the molecule is COC(=O)c1ccc([C@@H]2Nc3cc(C)cc(C)c3[C@@H]3[C@H]4CC[C@@H](C4)[C@H]32)cc1. The van der Waals surface area contributed by atoms with Crippen LogP contribution in [0.15, 0.2) is 36.4 Å². The van der Waals surface area contributed by atoms with Gasteiger partial charge in [0.25, 0.3) is 0 Å². The van der Waals surface area contributed by atoms with E-state index in [1.54, 1.807) is 5.56 Å². The Morgan fingerprint density at radius 3 is 2.56 bits per heavy atom. The Morgan fingerprint density at radius 2 is 1.81 bits per heavy atom. The molecular formula is C24H27NO2. The normalized spacial score (nSPS) is 30.4. The quantitative estimate of drug-likeness (QED) is 0.729. The summed E-state index contributed by atoms with van der Waals surface area (Å²) >= 11 is 0. The Labute approximate surface area is 161 Å². The predicted octanol–water partition coefficient (Wildman–Crippen LogP) is 5.39. The summed E-state index contributed by atoms with van der Waals surface area (Å²) in [6.07, 6.45) is 4.12. The van der Waals surface area contributed by atoms with Gasteiger partial charge in [-0.15, -0.1) is 0 Å². The summed E-state index contributed by atoms with van der Waals surface area (Å²) in [6.45, 7) is 4.46. The summed E-state index contributed by atoms with van der Waals surface area (Å²) in [7, 11) is 1.43. The van der Waals surface area contributed by atoms with Crippen LogP contribution in [0.2, 0.25) is 0 Å². The zero-order valence-electron chi connectivity index (χ0n) is 16.3. The molecule has 140 valence electrons. The minimum atomic E-state index is -0.271. The molecule has 1 heterocycles. The molecule has 2 aromatic carbocycles. The van der Waals surface area contributed by atoms with E-state index in [4.69, 9.17) is 4.74 Å². The third-order valence-electron chi connectivity index (χ3n) is 7.23. The molecule has 1 N–H and O–H groups in total. The molecule has 3 nitrogen and oxygen atoms in total. The number of rotatable bonds is 2. The van der Waals surface area contributed by atoms with Crippen molar-refractivity contribution in [3.8, 4) is 0 Å². The van der Waals surface area contributed by atoms with Gasteiger partial charge in [-0.1, -0.05) is 18.2 Å². The Balaban J connectivity index is 1.58. The maximum absolute atomic E-state index is 11.8. The molecule has 0 radical (unpaired) electrons. The van der Waals surface area contributed by atoms with Crippen LogP contribution in [-0.4, -0.2) is 13.1 Å². The van der Waals surface area contributed by atoms with Gasteiger partial charge in [-0.25, -0.2) is 4.79 Å². The number of carbonyl (C=O) groups excluding carboxylic acids is 1. The number of methoxy groups -OCH3 is 1. The number of carbonyl (C=O) groups is 1. The molecule has 0 unspecified atom stereocenters. The number of anilines is 1. The first-order valence-corrected chi connectivity index (χ1v) is 10.1. The summed E-state index contributed by atoms with van der Waals surface area (Å²) in [5.41, 5.74) is 7.56. The minimum absolute atomic E-state index is 0.271. The van der Waals surface area contributed by atoms with Crippen LogP contribution in [0.1, 0.15) is 63.8 Å². The molecule has 3 heteroatoms. The number of nitrogens with one attached hydrogen (secondary N) is 1. The summed E-state index contributed by atoms with van der Waals surface area (Å²) in [5.74, 6) is 2.70. The first-order chi connectivity index (χ1) is 13.1. The van der Waals surface area contributed by atoms with E-state index in [9.17, 15) is 4.79 Å². The van der Waals surface area contributed by atoms with Gasteiger partial charge in [-0.3, -0.25) is 0 Å². The lowest BCUT2D eigenvalue weighted by Crippen LogP contribution is -2.36. The zero-order chi connectivity index (χ0) is 18.7. The minimum Gasteiger partial charge on any atom is -0.465 e. The lowest BCUT2D eigenvalue weighted by molar-refractivity contribution is 0.0600. The number of esters is 1. The van der Waals surface area contributed by atoms with E-state index < -0.39 is 0 Å². The van der Waals surface area contributed by atoms with Crippen LogP contribution in [-0.2, 0) is 4.74 Å². The van der Waals surface area contributed by atoms with Crippen LogP contribution in [0.25, 0.3) is 0 Å². The summed E-state index contributed by atoms with van der Waals surface area (Å²) in [4.78, 5) is 11.8. The standard InChI is InChI=1S/C24H27NO2/c1-13-10-14(2)20-19(11-13)25-23(22-18-9-8-17(12-18)21(20)22)15-4-6-16(7-5-15)24(26)27-3/h4-7,10-11,17-18,21-23,25H,8-9,12H2,1-3H3/t17-,18-,21-,22+,23-/m0/s1. The number of hydrogen-bond donors (Lipinski definition) is 1. The highest BCUT2D eigenvalue weighted by Crippen LogP contribution is 2.64. The molecule has 0 spiro atoms. The van der Waals surface area contributed by atoms with Crippen molar-refractivity contribution in [1.82, 2.24) is 0 Å². The summed E-state index contributed by atoms with van der Waals surface area (Å²) in [6, 6.07) is 13.0. The van der Waals surface area contributed by atoms with Crippen molar-refractivity contribution in [2.24, 2.45) is 17.8 Å². The van der Waals surface area contributed by atoms with Crippen LogP contribution in [0.3, 0.4) is 0 Å². The molecule has 0 aromatic heterocycles. The van der Waals surface area contributed by atoms with Crippen molar-refractivity contribution in [2.75, 3.05) is 12.4 Å². The average molecular weight is 361 g/mol. The molecular weight excluding hydrogens is 334 g/mol. The Hall–Kier alpha value is -2.29. The van der Waals surface area contributed by atoms with Gasteiger partial charge in [-0.05, 0) is 97.2 Å². The van der Waals surface area contributed by atoms with E-state index in [0.717, 1.165) is 11.8 Å². The third-order valence-corrected chi connectivity index (χ3v) is 7.23. The maximum atomic E-state index is 11.8. The molecule has 5 atom stereocenters. The van der Waals surface area contributed by atoms with E-state index in [0.29, 0.717) is 23.4 Å². The van der Waals surface area contributed by atoms with Gasteiger partial charge in [0, 0.05) is 5.69 Å². The van der Waals surface area contributed by atoms with Crippen molar-refractivity contribution in [3.63, 3.8) is 0 Å². The lowest BCUT2D eigenvalue weighted by Gasteiger charge is -2.44. The summed E-state index contributed by atoms with van der Waals surface area (Å²) in [5, 5.41) is 3.90. The fourth-order valence-electron chi connectivity index (χ4n) is 6.30. The monoisotopic (exact) mass is 361 g/mol. The molecule has 2 bridgehead atoms. The largest absolute Gasteiger partial charge is 0.465 e. The van der Waals surface area contributed by atoms with E-state index in [1.807, 2.05) is 12.1 Å². The van der Waals surface area contributed by atoms with Crippen LogP contribution < -0.4 is 5.32 Å². The van der Waals surface area contributed by atoms with E-state index in [2.05, 4.69) is 43.4 Å². The van der Waals surface area contributed by atoms with Crippen molar-refractivity contribution < 1.29 is 9.53 Å². The second kappa shape index (κ2) is 6.12. The second-order valence-electron chi connectivity index (χ2n) is 8.71. The van der Waals surface area contributed by atoms with Gasteiger partial charge in [-0.2, -0.15) is 0 Å². The van der Waals surface area contributed by atoms with Gasteiger partial charge in [0.2, 0.25) is 0 Å². The molecule has 27 heavy (non-hydrogen) atoms. The molecule has 3 aliphatic rings. The Kier molecular flexibility index (Phi) is 3.82. The predicted molar refractivity (Wildman–Crippen MR) is 107 cm³/mol. The van der Waals surface area contributed by atoms with Crippen molar-refractivity contribution >= 4 is 11.7 Å². The van der Waals surface area contributed by atoms with E-state index in [-0.39, 0.29) is 5.97 Å². The van der Waals surface area contributed by atoms with Gasteiger partial charge < -0.3 is 10.1 Å². The Bertz CT molecular complexity index is 901. The first-order valence-electron chi connectivity index (χ1n) is 10.1.